The summed E-state index contributed by atoms with van der Waals surface area (Å²) in [4.78, 5) is 21.5. The highest BCUT2D eigenvalue weighted by atomic mass is 16.5. The van der Waals surface area contributed by atoms with Crippen molar-refractivity contribution in [2.24, 2.45) is 0 Å². The number of carbonyl (C=O) groups is 2. The van der Waals surface area contributed by atoms with Crippen LogP contribution < -0.4 is 4.74 Å². The van der Waals surface area contributed by atoms with Crippen molar-refractivity contribution in [1.29, 1.82) is 0 Å². The summed E-state index contributed by atoms with van der Waals surface area (Å²) in [5.41, 5.74) is 2.59. The summed E-state index contributed by atoms with van der Waals surface area (Å²) in [6.45, 7) is 4.27. The highest BCUT2D eigenvalue weighted by molar-refractivity contribution is 5.89. The number of likely N-dealkylation sites (N-methyl/N-ethyl adjacent to an activating group) is 1. The molecule has 1 aliphatic rings. The van der Waals surface area contributed by atoms with E-state index in [0.29, 0.717) is 18.1 Å². The van der Waals surface area contributed by atoms with Gasteiger partial charge in [-0.05, 0) is 37.6 Å². The van der Waals surface area contributed by atoms with E-state index in [1.165, 1.54) is 11.1 Å². The predicted octanol–water partition coefficient (Wildman–Crippen LogP) is 3.57. The van der Waals surface area contributed by atoms with Gasteiger partial charge in [0.2, 0.25) is 0 Å². The highest BCUT2D eigenvalue weighted by Gasteiger charge is 2.30. The summed E-state index contributed by atoms with van der Waals surface area (Å²) in [5, 5.41) is 15.6. The number of nitrogens with zero attached hydrogens (tertiary/aromatic N) is 1. The molecule has 29 heavy (non-hydrogen) atoms. The number of aryl methyl sites for hydroxylation is 1. The Balaban J connectivity index is 0.000000321. The Morgan fingerprint density at radius 3 is 2.17 bits per heavy atom. The third-order valence-electron chi connectivity index (χ3n) is 4.72. The molecule has 1 saturated heterocycles. The Kier molecular flexibility index (Phi) is 8.43. The summed E-state index contributed by atoms with van der Waals surface area (Å²) in [6, 6.07) is 19.1. The summed E-state index contributed by atoms with van der Waals surface area (Å²) >= 11 is 0. The van der Waals surface area contributed by atoms with Crippen molar-refractivity contribution in [1.82, 2.24) is 4.90 Å². The fraction of sp³-hybridized carbons (Fsp3) is 0.304. The van der Waals surface area contributed by atoms with Crippen molar-refractivity contribution in [2.75, 3.05) is 20.1 Å². The van der Waals surface area contributed by atoms with Crippen LogP contribution in [0.1, 0.15) is 23.5 Å². The first-order valence-electron chi connectivity index (χ1n) is 9.46. The molecule has 0 unspecified atom stereocenters. The number of piperidine rings is 1. The monoisotopic (exact) mass is 397 g/mol. The molecule has 154 valence electrons. The van der Waals surface area contributed by atoms with E-state index < -0.39 is 11.9 Å². The van der Waals surface area contributed by atoms with Gasteiger partial charge in [0.05, 0.1) is 0 Å². The minimum Gasteiger partial charge on any atom is -0.489 e. The topological polar surface area (TPSA) is 87.1 Å². The number of hydrogen-bond acceptors (Lipinski definition) is 4. The Morgan fingerprint density at radius 1 is 1.00 bits per heavy atom. The molecule has 0 bridgehead atoms. The Bertz CT molecular complexity index is 818. The molecule has 0 saturated carbocycles. The zero-order valence-corrected chi connectivity index (χ0v) is 16.7. The van der Waals surface area contributed by atoms with Gasteiger partial charge in [-0.2, -0.15) is 0 Å². The number of likely N-dealkylation sites (tertiary alicyclic amines) is 1. The van der Waals surface area contributed by atoms with Gasteiger partial charge in [0.15, 0.2) is 0 Å². The van der Waals surface area contributed by atoms with Crippen LogP contribution in [0.15, 0.2) is 66.7 Å². The summed E-state index contributed by atoms with van der Waals surface area (Å²) in [5.74, 6) is -1.06. The third kappa shape index (κ3) is 7.43. The molecule has 1 fully saturated rings. The highest BCUT2D eigenvalue weighted by Crippen LogP contribution is 2.31. The number of carboxylic acid groups (broad SMARTS) is 2. The summed E-state index contributed by atoms with van der Waals surface area (Å²) in [7, 11) is 2.19. The summed E-state index contributed by atoms with van der Waals surface area (Å²) in [6.07, 6.45) is 2.44. The normalized spacial score (nSPS) is 19.2. The van der Waals surface area contributed by atoms with Crippen LogP contribution in [0.3, 0.4) is 0 Å². The predicted molar refractivity (Wildman–Crippen MR) is 111 cm³/mol. The molecule has 1 heterocycles. The largest absolute Gasteiger partial charge is 0.489 e. The standard InChI is InChI=1S/C19H23NO.C4H4O4/c1-15-8-6-7-11-18(15)21-19-12-13-20(2)14-17(19)16-9-4-3-5-10-16;5-3(6)1-2-4(7)8/h3-11,17,19H,12-14H2,1-2H3;1-2H,(H,5,6)(H,7,8)/b;2-1+/t17-,19-;/m1./s1. The average molecular weight is 397 g/mol. The maximum absolute atomic E-state index is 9.55. The third-order valence-corrected chi connectivity index (χ3v) is 4.72. The molecule has 2 atom stereocenters. The maximum Gasteiger partial charge on any atom is 0.328 e. The molecule has 1 aliphatic heterocycles. The lowest BCUT2D eigenvalue weighted by Gasteiger charge is -2.37. The van der Waals surface area contributed by atoms with Crippen LogP contribution >= 0.6 is 0 Å². The van der Waals surface area contributed by atoms with Gasteiger partial charge < -0.3 is 19.8 Å². The number of aliphatic carboxylic acids is 2. The first-order chi connectivity index (χ1) is 13.9. The van der Waals surface area contributed by atoms with E-state index >= 15 is 0 Å². The number of benzene rings is 2. The van der Waals surface area contributed by atoms with Gasteiger partial charge in [0.25, 0.3) is 0 Å². The van der Waals surface area contributed by atoms with E-state index in [9.17, 15) is 9.59 Å². The lowest BCUT2D eigenvalue weighted by atomic mass is 9.88. The molecule has 2 aromatic rings. The molecule has 6 nitrogen and oxygen atoms in total. The zero-order chi connectivity index (χ0) is 21.2. The van der Waals surface area contributed by atoms with Gasteiger partial charge in [-0.15, -0.1) is 0 Å². The fourth-order valence-corrected chi connectivity index (χ4v) is 3.25. The van der Waals surface area contributed by atoms with E-state index in [-0.39, 0.29) is 6.10 Å². The number of rotatable bonds is 5. The molecule has 6 heteroatoms. The SMILES string of the molecule is Cc1ccccc1O[C@@H]1CCN(C)C[C@@H]1c1ccccc1.O=C(O)/C=C/C(=O)O. The smallest absolute Gasteiger partial charge is 0.328 e. The lowest BCUT2D eigenvalue weighted by molar-refractivity contribution is -0.134. The molecule has 2 N–H and O–H groups in total. The van der Waals surface area contributed by atoms with Crippen molar-refractivity contribution in [3.8, 4) is 5.75 Å². The Morgan fingerprint density at radius 2 is 1.59 bits per heavy atom. The van der Waals surface area contributed by atoms with E-state index in [4.69, 9.17) is 14.9 Å². The second-order valence-corrected chi connectivity index (χ2v) is 7.00. The Hall–Kier alpha value is -3.12. The number of para-hydroxylation sites is 1. The quantitative estimate of drug-likeness (QED) is 0.750. The van der Waals surface area contributed by atoms with Gasteiger partial charge >= 0.3 is 11.9 Å². The molecule has 2 aromatic carbocycles. The molecule has 0 radical (unpaired) electrons. The second kappa shape index (κ2) is 11.0. The van der Waals surface area contributed by atoms with Crippen molar-refractivity contribution < 1.29 is 24.5 Å². The lowest BCUT2D eigenvalue weighted by Crippen LogP contribution is -2.42. The minimum atomic E-state index is -1.26. The molecular weight excluding hydrogens is 370 g/mol. The van der Waals surface area contributed by atoms with E-state index in [2.05, 4.69) is 73.5 Å². The van der Waals surface area contributed by atoms with Crippen LogP contribution in [0.2, 0.25) is 0 Å². The van der Waals surface area contributed by atoms with Gasteiger partial charge in [0, 0.05) is 31.2 Å². The summed E-state index contributed by atoms with van der Waals surface area (Å²) < 4.78 is 6.37. The Labute approximate surface area is 171 Å². The number of carboxylic acids is 2. The van der Waals surface area contributed by atoms with Crippen LogP contribution in [-0.2, 0) is 9.59 Å². The fourth-order valence-electron chi connectivity index (χ4n) is 3.25. The van der Waals surface area contributed by atoms with E-state index in [1.54, 1.807) is 0 Å². The molecule has 3 rings (SSSR count). The van der Waals surface area contributed by atoms with Crippen molar-refractivity contribution in [2.45, 2.75) is 25.4 Å². The van der Waals surface area contributed by atoms with Gasteiger partial charge in [0.1, 0.15) is 11.9 Å². The first-order valence-corrected chi connectivity index (χ1v) is 9.46. The minimum absolute atomic E-state index is 0.254. The van der Waals surface area contributed by atoms with Crippen molar-refractivity contribution in [3.63, 3.8) is 0 Å². The molecule has 0 aromatic heterocycles. The van der Waals surface area contributed by atoms with Crippen LogP contribution in [0.4, 0.5) is 0 Å². The number of ether oxygens (including phenoxy) is 1. The van der Waals surface area contributed by atoms with Crippen LogP contribution in [-0.4, -0.2) is 53.3 Å². The first kappa shape index (κ1) is 22.2. The van der Waals surface area contributed by atoms with Crippen molar-refractivity contribution in [3.05, 3.63) is 77.9 Å². The molecule has 0 spiro atoms. The van der Waals surface area contributed by atoms with Crippen LogP contribution in [0, 0.1) is 6.92 Å². The van der Waals surface area contributed by atoms with E-state index in [0.717, 1.165) is 25.3 Å². The molecule has 0 aliphatic carbocycles. The van der Waals surface area contributed by atoms with Gasteiger partial charge in [-0.25, -0.2) is 9.59 Å². The molecular formula is C23H27NO5. The van der Waals surface area contributed by atoms with Crippen LogP contribution in [0.25, 0.3) is 0 Å². The average Bonchev–Trinajstić information content (AvgIpc) is 2.70. The van der Waals surface area contributed by atoms with Gasteiger partial charge in [-0.3, -0.25) is 0 Å². The second-order valence-electron chi connectivity index (χ2n) is 7.00. The maximum atomic E-state index is 9.55. The number of hydrogen-bond donors (Lipinski definition) is 2. The van der Waals surface area contributed by atoms with Crippen LogP contribution in [0.5, 0.6) is 5.75 Å². The van der Waals surface area contributed by atoms with Gasteiger partial charge in [-0.1, -0.05) is 48.5 Å². The zero-order valence-electron chi connectivity index (χ0n) is 16.7. The molecule has 0 amide bonds. The van der Waals surface area contributed by atoms with E-state index in [1.807, 2.05) is 0 Å². The van der Waals surface area contributed by atoms with Crippen molar-refractivity contribution >= 4 is 11.9 Å².